The van der Waals surface area contributed by atoms with Crippen molar-refractivity contribution in [1.29, 1.82) is 0 Å². The second-order valence-corrected chi connectivity index (χ2v) is 4.68. The summed E-state index contributed by atoms with van der Waals surface area (Å²) < 4.78 is 5.03. The Morgan fingerprint density at radius 2 is 2.10 bits per heavy atom. The molecule has 5 N–H and O–H groups in total. The Balaban J connectivity index is 2.67. The molecule has 1 unspecified atom stereocenters. The van der Waals surface area contributed by atoms with Crippen LogP contribution in [0.25, 0.3) is 0 Å². The molecule has 0 amide bonds. The lowest BCUT2D eigenvalue weighted by Crippen LogP contribution is -2.18. The fourth-order valence-electron chi connectivity index (χ4n) is 2.04. The van der Waals surface area contributed by atoms with Crippen LogP contribution in [0.5, 0.6) is 0 Å². The van der Waals surface area contributed by atoms with Gasteiger partial charge in [0.2, 0.25) is 0 Å². The van der Waals surface area contributed by atoms with E-state index in [0.29, 0.717) is 30.0 Å². The Hall–Kier alpha value is -1.44. The number of ether oxygens (including phenoxy) is 1. The highest BCUT2D eigenvalue weighted by molar-refractivity contribution is 5.46. The van der Waals surface area contributed by atoms with Gasteiger partial charge in [0.05, 0.1) is 0 Å². The molecule has 114 valence electrons. The molecule has 7 heteroatoms. The van der Waals surface area contributed by atoms with Gasteiger partial charge in [-0.25, -0.2) is 15.8 Å². The van der Waals surface area contributed by atoms with E-state index in [1.165, 1.54) is 0 Å². The SMILES string of the molecule is CCCC(CCO)CNc1cc(NN)nc(COC)n1. The number of aliphatic hydroxyl groups excluding tert-OH is 1. The summed E-state index contributed by atoms with van der Waals surface area (Å²) in [6.07, 6.45) is 2.96. The van der Waals surface area contributed by atoms with Crippen LogP contribution >= 0.6 is 0 Å². The van der Waals surface area contributed by atoms with E-state index in [4.69, 9.17) is 15.7 Å². The molecular weight excluding hydrogens is 258 g/mol. The van der Waals surface area contributed by atoms with Gasteiger partial charge in [0.25, 0.3) is 0 Å². The van der Waals surface area contributed by atoms with Crippen LogP contribution in [0.2, 0.25) is 0 Å². The molecule has 7 nitrogen and oxygen atoms in total. The molecule has 0 fully saturated rings. The first kappa shape index (κ1) is 16.6. The summed E-state index contributed by atoms with van der Waals surface area (Å²) >= 11 is 0. The third-order valence-corrected chi connectivity index (χ3v) is 3.00. The number of hydrazine groups is 1. The molecule has 0 aliphatic carbocycles. The predicted molar refractivity (Wildman–Crippen MR) is 79.1 cm³/mol. The van der Waals surface area contributed by atoms with Gasteiger partial charge in [-0.2, -0.15) is 0 Å². The number of hydrogen-bond donors (Lipinski definition) is 4. The number of aliphatic hydroxyl groups is 1. The standard InChI is InChI=1S/C13H25N5O2/c1-3-4-10(5-6-19)8-15-11-7-12(18-14)17-13(16-11)9-20-2/h7,10,19H,3-6,8-9,14H2,1-2H3,(H2,15,16,17,18). The number of nitrogens with zero attached hydrogens (tertiary/aromatic N) is 2. The zero-order valence-corrected chi connectivity index (χ0v) is 12.2. The molecule has 0 radical (unpaired) electrons. The Morgan fingerprint density at radius 1 is 1.35 bits per heavy atom. The van der Waals surface area contributed by atoms with Gasteiger partial charge in [-0.15, -0.1) is 0 Å². The summed E-state index contributed by atoms with van der Waals surface area (Å²) in [6, 6.07) is 1.75. The highest BCUT2D eigenvalue weighted by Crippen LogP contribution is 2.15. The van der Waals surface area contributed by atoms with Crippen LogP contribution in [0, 0.1) is 5.92 Å². The Morgan fingerprint density at radius 3 is 2.70 bits per heavy atom. The lowest BCUT2D eigenvalue weighted by molar-refractivity contribution is 0.178. The molecular formula is C13H25N5O2. The second-order valence-electron chi connectivity index (χ2n) is 4.68. The van der Waals surface area contributed by atoms with Crippen molar-refractivity contribution in [1.82, 2.24) is 9.97 Å². The number of methoxy groups -OCH3 is 1. The molecule has 20 heavy (non-hydrogen) atoms. The van der Waals surface area contributed by atoms with Gasteiger partial charge < -0.3 is 20.6 Å². The Kier molecular flexibility index (Phi) is 7.86. The van der Waals surface area contributed by atoms with Gasteiger partial charge in [-0.05, 0) is 18.8 Å². The van der Waals surface area contributed by atoms with Crippen LogP contribution < -0.4 is 16.6 Å². The van der Waals surface area contributed by atoms with E-state index in [-0.39, 0.29) is 6.61 Å². The van der Waals surface area contributed by atoms with Crippen LogP contribution in [0.3, 0.4) is 0 Å². The molecule has 1 aromatic rings. The highest BCUT2D eigenvalue weighted by Gasteiger charge is 2.09. The smallest absolute Gasteiger partial charge is 0.158 e. The van der Waals surface area contributed by atoms with Crippen LogP contribution in [-0.2, 0) is 11.3 Å². The van der Waals surface area contributed by atoms with Gasteiger partial charge in [0.15, 0.2) is 5.82 Å². The maximum Gasteiger partial charge on any atom is 0.158 e. The van der Waals surface area contributed by atoms with Gasteiger partial charge >= 0.3 is 0 Å². The van der Waals surface area contributed by atoms with Crippen molar-refractivity contribution in [3.63, 3.8) is 0 Å². The number of rotatable bonds is 10. The molecule has 0 bridgehead atoms. The first-order valence-electron chi connectivity index (χ1n) is 6.91. The van der Waals surface area contributed by atoms with Gasteiger partial charge in [0.1, 0.15) is 18.2 Å². The maximum atomic E-state index is 9.06. The summed E-state index contributed by atoms with van der Waals surface area (Å²) in [7, 11) is 1.59. The predicted octanol–water partition coefficient (Wildman–Crippen LogP) is 1.12. The third-order valence-electron chi connectivity index (χ3n) is 3.00. The molecule has 0 aromatic carbocycles. The molecule has 1 rings (SSSR count). The number of aromatic nitrogens is 2. The van der Waals surface area contributed by atoms with E-state index >= 15 is 0 Å². The van der Waals surface area contributed by atoms with Crippen molar-refractivity contribution < 1.29 is 9.84 Å². The van der Waals surface area contributed by atoms with Gasteiger partial charge in [0, 0.05) is 26.3 Å². The number of hydrogen-bond acceptors (Lipinski definition) is 7. The van der Waals surface area contributed by atoms with Crippen molar-refractivity contribution in [3.8, 4) is 0 Å². The van der Waals surface area contributed by atoms with Crippen LogP contribution in [0.4, 0.5) is 11.6 Å². The molecule has 0 aliphatic rings. The van der Waals surface area contributed by atoms with Crippen molar-refractivity contribution in [2.45, 2.75) is 32.8 Å². The third kappa shape index (κ3) is 5.68. The fourth-order valence-corrected chi connectivity index (χ4v) is 2.04. The summed E-state index contributed by atoms with van der Waals surface area (Å²) in [6.45, 7) is 3.45. The van der Waals surface area contributed by atoms with Crippen LogP contribution in [0.1, 0.15) is 32.0 Å². The summed E-state index contributed by atoms with van der Waals surface area (Å²) in [5.41, 5.74) is 2.52. The lowest BCUT2D eigenvalue weighted by Gasteiger charge is -2.16. The average Bonchev–Trinajstić information content (AvgIpc) is 2.45. The van der Waals surface area contributed by atoms with E-state index in [1.807, 2.05) is 0 Å². The molecule has 0 saturated heterocycles. The zero-order valence-electron chi connectivity index (χ0n) is 12.2. The molecule has 0 spiro atoms. The summed E-state index contributed by atoms with van der Waals surface area (Å²) in [4.78, 5) is 8.55. The minimum Gasteiger partial charge on any atom is -0.396 e. The average molecular weight is 283 g/mol. The van der Waals surface area contributed by atoms with Crippen molar-refractivity contribution in [3.05, 3.63) is 11.9 Å². The van der Waals surface area contributed by atoms with E-state index in [9.17, 15) is 0 Å². The van der Waals surface area contributed by atoms with Gasteiger partial charge in [-0.1, -0.05) is 13.3 Å². The number of nitrogens with two attached hydrogens (primary N) is 1. The van der Waals surface area contributed by atoms with E-state index in [0.717, 1.165) is 25.8 Å². The topological polar surface area (TPSA) is 105 Å². The van der Waals surface area contributed by atoms with Crippen molar-refractivity contribution in [2.24, 2.45) is 11.8 Å². The molecule has 0 saturated carbocycles. The van der Waals surface area contributed by atoms with Crippen molar-refractivity contribution in [2.75, 3.05) is 31.0 Å². The normalized spacial score (nSPS) is 12.2. The number of anilines is 2. The Bertz CT molecular complexity index is 383. The number of nitrogens with one attached hydrogen (secondary N) is 2. The summed E-state index contributed by atoms with van der Waals surface area (Å²) in [5, 5.41) is 12.3. The largest absolute Gasteiger partial charge is 0.396 e. The fraction of sp³-hybridized carbons (Fsp3) is 0.692. The highest BCUT2D eigenvalue weighted by atomic mass is 16.5. The molecule has 0 aliphatic heterocycles. The second kappa shape index (κ2) is 9.46. The van der Waals surface area contributed by atoms with Gasteiger partial charge in [-0.3, -0.25) is 0 Å². The first-order chi connectivity index (χ1) is 9.73. The monoisotopic (exact) mass is 283 g/mol. The Labute approximate surface area is 119 Å². The molecule has 1 heterocycles. The minimum atomic E-state index is 0.209. The minimum absolute atomic E-state index is 0.209. The zero-order chi connectivity index (χ0) is 14.8. The molecule has 1 atom stereocenters. The van der Waals surface area contributed by atoms with Crippen molar-refractivity contribution >= 4 is 11.6 Å². The molecule has 1 aromatic heterocycles. The quantitative estimate of drug-likeness (QED) is 0.376. The van der Waals surface area contributed by atoms with E-state index < -0.39 is 0 Å². The lowest BCUT2D eigenvalue weighted by atomic mass is 10.0. The van der Waals surface area contributed by atoms with Crippen LogP contribution in [-0.4, -0.2) is 35.3 Å². The summed E-state index contributed by atoms with van der Waals surface area (Å²) in [5.74, 6) is 7.65. The van der Waals surface area contributed by atoms with E-state index in [2.05, 4.69) is 27.6 Å². The van der Waals surface area contributed by atoms with Crippen LogP contribution in [0.15, 0.2) is 6.07 Å². The maximum absolute atomic E-state index is 9.06. The van der Waals surface area contributed by atoms with E-state index in [1.54, 1.807) is 13.2 Å². The number of nitrogen functional groups attached to an aromatic ring is 1. The first-order valence-corrected chi connectivity index (χ1v) is 6.91.